The lowest BCUT2D eigenvalue weighted by molar-refractivity contribution is -0.152. The number of carbonyl (C=O) groups is 2. The number of methoxy groups -OCH3 is 1. The molecule has 2 aromatic carbocycles. The van der Waals surface area contributed by atoms with Crippen molar-refractivity contribution in [3.05, 3.63) is 65.2 Å². The first-order chi connectivity index (χ1) is 12.4. The maximum absolute atomic E-state index is 14.2. The monoisotopic (exact) mass is 365 g/mol. The summed E-state index contributed by atoms with van der Waals surface area (Å²) in [6.45, 7) is -0.0551. The highest BCUT2D eigenvalue weighted by atomic mass is 19.1. The summed E-state index contributed by atoms with van der Waals surface area (Å²) in [4.78, 5) is 23.0. The van der Waals surface area contributed by atoms with E-state index < -0.39 is 40.9 Å². The average molecular weight is 365 g/mol. The quantitative estimate of drug-likeness (QED) is 0.725. The fraction of sp³-hybridized carbons (Fsp3) is 0.222. The summed E-state index contributed by atoms with van der Waals surface area (Å²) < 4.78 is 43.0. The van der Waals surface area contributed by atoms with Gasteiger partial charge in [-0.3, -0.25) is 4.79 Å². The topological polar surface area (TPSA) is 87.8 Å². The highest BCUT2D eigenvalue weighted by Crippen LogP contribution is 2.24. The Morgan fingerprint density at radius 2 is 1.81 bits per heavy atom. The fourth-order valence-corrected chi connectivity index (χ4v) is 2.14. The summed E-state index contributed by atoms with van der Waals surface area (Å²) in [6, 6.07) is 10.9. The van der Waals surface area contributed by atoms with Gasteiger partial charge in [-0.15, -0.1) is 0 Å². The average Bonchev–Trinajstić information content (AvgIpc) is 2.62. The number of hydrogen-bond acceptors (Lipinski definition) is 5. The lowest BCUT2D eigenvalue weighted by atomic mass is 10.1. The Morgan fingerprint density at radius 1 is 1.12 bits per heavy atom. The number of primary amides is 1. The van der Waals surface area contributed by atoms with E-state index in [0.29, 0.717) is 0 Å². The fourth-order valence-electron chi connectivity index (χ4n) is 2.14. The van der Waals surface area contributed by atoms with Crippen molar-refractivity contribution < 1.29 is 32.6 Å². The second-order valence-electron chi connectivity index (χ2n) is 5.23. The third-order valence-electron chi connectivity index (χ3n) is 3.42. The van der Waals surface area contributed by atoms with Crippen LogP contribution in [0.4, 0.5) is 8.78 Å². The molecule has 26 heavy (non-hydrogen) atoms. The number of ether oxygens (including phenoxy) is 3. The number of amides is 1. The number of carbonyl (C=O) groups excluding carboxylic acids is 2. The molecule has 8 heteroatoms. The van der Waals surface area contributed by atoms with Gasteiger partial charge in [0.2, 0.25) is 6.10 Å². The minimum atomic E-state index is -1.32. The molecule has 0 unspecified atom stereocenters. The van der Waals surface area contributed by atoms with Crippen LogP contribution in [0, 0.1) is 11.6 Å². The molecule has 0 aliphatic rings. The van der Waals surface area contributed by atoms with Crippen molar-refractivity contribution in [3.8, 4) is 5.75 Å². The van der Waals surface area contributed by atoms with Crippen molar-refractivity contribution in [3.63, 3.8) is 0 Å². The first kappa shape index (κ1) is 19.3. The van der Waals surface area contributed by atoms with Crippen molar-refractivity contribution >= 4 is 11.9 Å². The molecule has 1 amide bonds. The lowest BCUT2D eigenvalue weighted by Gasteiger charge is -2.18. The van der Waals surface area contributed by atoms with Gasteiger partial charge in [-0.1, -0.05) is 30.3 Å². The zero-order chi connectivity index (χ0) is 19.1. The Balaban J connectivity index is 2.12. The molecule has 2 rings (SSSR count). The molecule has 1 atom stereocenters. The highest BCUT2D eigenvalue weighted by Gasteiger charge is 2.26. The van der Waals surface area contributed by atoms with Crippen LogP contribution in [-0.2, 0) is 20.9 Å². The normalized spacial score (nSPS) is 11.7. The summed E-state index contributed by atoms with van der Waals surface area (Å²) in [6.07, 6.45) is -1.32. The van der Waals surface area contributed by atoms with Crippen LogP contribution in [0.15, 0.2) is 42.5 Å². The SMILES string of the molecule is COC(=O)[C@@H](COCc1ccccc1)Oc1ccc(F)c(C(N)=O)c1F. The highest BCUT2D eigenvalue weighted by molar-refractivity contribution is 5.93. The summed E-state index contributed by atoms with van der Waals surface area (Å²) in [5, 5.41) is 0. The van der Waals surface area contributed by atoms with Gasteiger partial charge in [0.25, 0.3) is 5.91 Å². The summed E-state index contributed by atoms with van der Waals surface area (Å²) >= 11 is 0. The van der Waals surface area contributed by atoms with Crippen LogP contribution in [0.5, 0.6) is 5.75 Å². The van der Waals surface area contributed by atoms with Gasteiger partial charge < -0.3 is 19.9 Å². The van der Waals surface area contributed by atoms with Crippen molar-refractivity contribution in [1.29, 1.82) is 0 Å². The van der Waals surface area contributed by atoms with Gasteiger partial charge in [0, 0.05) is 0 Å². The van der Waals surface area contributed by atoms with E-state index in [-0.39, 0.29) is 13.2 Å². The predicted molar refractivity (Wildman–Crippen MR) is 87.4 cm³/mol. The van der Waals surface area contributed by atoms with Crippen LogP contribution in [0.2, 0.25) is 0 Å². The van der Waals surface area contributed by atoms with Gasteiger partial charge in [0.1, 0.15) is 11.4 Å². The first-order valence-electron chi connectivity index (χ1n) is 7.58. The molecular weight excluding hydrogens is 348 g/mol. The van der Waals surface area contributed by atoms with Gasteiger partial charge in [0.15, 0.2) is 11.6 Å². The van der Waals surface area contributed by atoms with Crippen LogP contribution >= 0.6 is 0 Å². The van der Waals surface area contributed by atoms with E-state index in [2.05, 4.69) is 4.74 Å². The van der Waals surface area contributed by atoms with E-state index in [9.17, 15) is 18.4 Å². The van der Waals surface area contributed by atoms with Crippen molar-refractivity contribution in [1.82, 2.24) is 0 Å². The maximum Gasteiger partial charge on any atom is 0.349 e. The van der Waals surface area contributed by atoms with E-state index in [1.54, 1.807) is 0 Å². The number of nitrogens with two attached hydrogens (primary N) is 1. The van der Waals surface area contributed by atoms with Gasteiger partial charge in [0.05, 0.1) is 20.3 Å². The van der Waals surface area contributed by atoms with Crippen molar-refractivity contribution in [2.45, 2.75) is 12.7 Å². The Morgan fingerprint density at radius 3 is 2.42 bits per heavy atom. The second-order valence-corrected chi connectivity index (χ2v) is 5.23. The van der Waals surface area contributed by atoms with Crippen LogP contribution in [0.25, 0.3) is 0 Å². The molecule has 0 aliphatic carbocycles. The molecule has 2 aromatic rings. The van der Waals surface area contributed by atoms with Gasteiger partial charge in [-0.05, 0) is 17.7 Å². The molecule has 0 heterocycles. The lowest BCUT2D eigenvalue weighted by Crippen LogP contribution is -2.34. The van der Waals surface area contributed by atoms with E-state index in [4.69, 9.17) is 15.2 Å². The minimum Gasteiger partial charge on any atom is -0.473 e. The minimum absolute atomic E-state index is 0.191. The zero-order valence-corrected chi connectivity index (χ0v) is 13.9. The van der Waals surface area contributed by atoms with E-state index in [1.165, 1.54) is 0 Å². The van der Waals surface area contributed by atoms with Crippen molar-refractivity contribution in [2.24, 2.45) is 5.73 Å². The third-order valence-corrected chi connectivity index (χ3v) is 3.42. The van der Waals surface area contributed by atoms with Gasteiger partial charge >= 0.3 is 5.97 Å². The van der Waals surface area contributed by atoms with Crippen LogP contribution in [-0.4, -0.2) is 31.7 Å². The number of benzene rings is 2. The largest absolute Gasteiger partial charge is 0.473 e. The Kier molecular flexibility index (Phi) is 6.62. The van der Waals surface area contributed by atoms with E-state index in [0.717, 1.165) is 24.8 Å². The Labute approximate surface area is 148 Å². The number of rotatable bonds is 8. The maximum atomic E-state index is 14.2. The first-order valence-corrected chi connectivity index (χ1v) is 7.58. The predicted octanol–water partition coefficient (Wildman–Crippen LogP) is 2.20. The third kappa shape index (κ3) is 4.76. The van der Waals surface area contributed by atoms with Gasteiger partial charge in [-0.25, -0.2) is 13.6 Å². The number of esters is 1. The molecule has 0 saturated carbocycles. The van der Waals surface area contributed by atoms with Crippen molar-refractivity contribution in [2.75, 3.05) is 13.7 Å². The van der Waals surface area contributed by atoms with Crippen LogP contribution < -0.4 is 10.5 Å². The molecule has 0 spiro atoms. The Hall–Kier alpha value is -3.00. The molecular formula is C18H17F2NO5. The standard InChI is InChI=1S/C18H17F2NO5/c1-24-18(23)14(10-25-9-11-5-3-2-4-6-11)26-13-8-7-12(19)15(16(13)20)17(21)22/h2-8,14H,9-10H2,1H3,(H2,21,22)/t14-/m1/s1. The molecule has 0 aliphatic heterocycles. The molecule has 138 valence electrons. The molecule has 0 fully saturated rings. The molecule has 6 nitrogen and oxygen atoms in total. The summed E-state index contributed by atoms with van der Waals surface area (Å²) in [5.41, 5.74) is 4.87. The summed E-state index contributed by atoms with van der Waals surface area (Å²) in [7, 11) is 1.13. The van der Waals surface area contributed by atoms with E-state index >= 15 is 0 Å². The Bertz CT molecular complexity index is 783. The molecule has 2 N–H and O–H groups in total. The van der Waals surface area contributed by atoms with Crippen LogP contribution in [0.1, 0.15) is 15.9 Å². The van der Waals surface area contributed by atoms with Crippen LogP contribution in [0.3, 0.4) is 0 Å². The van der Waals surface area contributed by atoms with E-state index in [1.807, 2.05) is 30.3 Å². The molecule has 0 bridgehead atoms. The summed E-state index contributed by atoms with van der Waals surface area (Å²) in [5.74, 6) is -5.05. The second kappa shape index (κ2) is 8.91. The molecule has 0 aromatic heterocycles. The molecule has 0 saturated heterocycles. The number of halogens is 2. The number of hydrogen-bond donors (Lipinski definition) is 1. The molecule has 0 radical (unpaired) electrons. The smallest absolute Gasteiger partial charge is 0.349 e. The van der Waals surface area contributed by atoms with Gasteiger partial charge in [-0.2, -0.15) is 0 Å². The zero-order valence-electron chi connectivity index (χ0n) is 13.9.